The number of benzene rings is 1. The smallest absolute Gasteiger partial charge is 0.249 e. The van der Waals surface area contributed by atoms with Crippen LogP contribution < -0.4 is 5.32 Å². The molecule has 23 heavy (non-hydrogen) atoms. The molecule has 1 amide bonds. The zero-order valence-electron chi connectivity index (χ0n) is 12.6. The van der Waals surface area contributed by atoms with Crippen molar-refractivity contribution in [3.8, 4) is 0 Å². The van der Waals surface area contributed by atoms with Crippen molar-refractivity contribution in [1.29, 1.82) is 0 Å². The second-order valence-corrected chi connectivity index (χ2v) is 6.00. The van der Waals surface area contributed by atoms with E-state index in [4.69, 9.17) is 0 Å². The fraction of sp³-hybridized carbons (Fsp3) is 0.500. The molecule has 1 fully saturated rings. The van der Waals surface area contributed by atoms with E-state index in [1.807, 2.05) is 0 Å². The largest absolute Gasteiger partial charge is 0.383 e. The van der Waals surface area contributed by atoms with Gasteiger partial charge < -0.3 is 15.4 Å². The third-order valence-electron chi connectivity index (χ3n) is 4.39. The van der Waals surface area contributed by atoms with Crippen LogP contribution in [0.3, 0.4) is 0 Å². The highest BCUT2D eigenvalue weighted by atomic mass is 19.2. The maximum Gasteiger partial charge on any atom is 0.249 e. The van der Waals surface area contributed by atoms with Gasteiger partial charge in [0.15, 0.2) is 11.6 Å². The molecule has 1 atom stereocenters. The van der Waals surface area contributed by atoms with Crippen molar-refractivity contribution < 1.29 is 18.7 Å². The Balaban J connectivity index is 1.63. The minimum Gasteiger partial charge on any atom is -0.383 e. The predicted molar refractivity (Wildman–Crippen MR) is 80.4 cm³/mol. The van der Waals surface area contributed by atoms with Gasteiger partial charge in [-0.3, -0.25) is 4.79 Å². The number of amides is 1. The van der Waals surface area contributed by atoms with Crippen LogP contribution in [0.5, 0.6) is 0 Å². The van der Waals surface area contributed by atoms with Crippen molar-refractivity contribution in [2.75, 3.05) is 0 Å². The molecule has 0 aliphatic heterocycles. The molecular weight excluding hydrogens is 304 g/mol. The second kappa shape index (κ2) is 6.62. The van der Waals surface area contributed by atoms with Gasteiger partial charge in [-0.1, -0.05) is 19.3 Å². The number of halogens is 2. The van der Waals surface area contributed by atoms with Crippen molar-refractivity contribution in [2.45, 2.75) is 44.8 Å². The summed E-state index contributed by atoms with van der Waals surface area (Å²) in [5.41, 5.74) is 0.267. The molecular formula is C16H19F2N3O2. The summed E-state index contributed by atoms with van der Waals surface area (Å²) in [6.45, 7) is 0.0261. The minimum atomic E-state index is -1.03. The molecule has 1 aromatic heterocycles. The Morgan fingerprint density at radius 3 is 2.83 bits per heavy atom. The molecule has 1 aromatic carbocycles. The van der Waals surface area contributed by atoms with E-state index in [-0.39, 0.29) is 18.0 Å². The first-order valence-electron chi connectivity index (χ1n) is 7.84. The summed E-state index contributed by atoms with van der Waals surface area (Å²) >= 11 is 0. The molecule has 1 saturated carbocycles. The summed E-state index contributed by atoms with van der Waals surface area (Å²) < 4.78 is 26.7. The summed E-state index contributed by atoms with van der Waals surface area (Å²) in [7, 11) is 0. The average molecular weight is 323 g/mol. The first kappa shape index (κ1) is 15.9. The molecule has 0 saturated heterocycles. The first-order chi connectivity index (χ1) is 11.1. The Morgan fingerprint density at radius 1 is 1.35 bits per heavy atom. The van der Waals surface area contributed by atoms with Crippen LogP contribution in [0.4, 0.5) is 8.78 Å². The third-order valence-corrected chi connectivity index (χ3v) is 4.39. The lowest BCUT2D eigenvalue weighted by Crippen LogP contribution is -2.39. The molecule has 1 aliphatic carbocycles. The number of fused-ring (bicyclic) bond motifs is 1. The normalized spacial score (nSPS) is 17.3. The first-order valence-corrected chi connectivity index (χ1v) is 7.84. The van der Waals surface area contributed by atoms with E-state index in [2.05, 4.69) is 15.3 Å². The van der Waals surface area contributed by atoms with Gasteiger partial charge in [0.2, 0.25) is 5.91 Å². The number of aromatic nitrogens is 2. The molecule has 1 heterocycles. The van der Waals surface area contributed by atoms with E-state index in [0.29, 0.717) is 11.3 Å². The molecule has 2 aromatic rings. The molecule has 1 aliphatic rings. The summed E-state index contributed by atoms with van der Waals surface area (Å²) in [6.07, 6.45) is 3.88. The molecule has 0 spiro atoms. The molecule has 0 radical (unpaired) electrons. The number of carbonyl (C=O) groups excluding carboxylic acids is 1. The van der Waals surface area contributed by atoms with Crippen molar-refractivity contribution in [3.63, 3.8) is 0 Å². The fourth-order valence-corrected chi connectivity index (χ4v) is 3.09. The van der Waals surface area contributed by atoms with E-state index in [1.165, 1.54) is 6.07 Å². The van der Waals surface area contributed by atoms with Gasteiger partial charge in [0.05, 0.1) is 12.1 Å². The number of carbonyl (C=O) groups is 1. The van der Waals surface area contributed by atoms with Gasteiger partial charge >= 0.3 is 0 Å². The number of aliphatic hydroxyl groups excluding tert-OH is 1. The van der Waals surface area contributed by atoms with E-state index < -0.39 is 23.6 Å². The van der Waals surface area contributed by atoms with Crippen LogP contribution >= 0.6 is 0 Å². The van der Waals surface area contributed by atoms with E-state index in [9.17, 15) is 18.7 Å². The summed E-state index contributed by atoms with van der Waals surface area (Å²) in [5, 5.41) is 12.7. The van der Waals surface area contributed by atoms with Crippen molar-refractivity contribution in [1.82, 2.24) is 15.3 Å². The monoisotopic (exact) mass is 323 g/mol. The Kier molecular flexibility index (Phi) is 4.56. The summed E-state index contributed by atoms with van der Waals surface area (Å²) in [4.78, 5) is 18.8. The van der Waals surface area contributed by atoms with E-state index in [1.54, 1.807) is 0 Å². The van der Waals surface area contributed by atoms with Gasteiger partial charge in [0.25, 0.3) is 0 Å². The molecule has 124 valence electrons. The minimum absolute atomic E-state index is 0.00837. The van der Waals surface area contributed by atoms with Crippen LogP contribution in [0.25, 0.3) is 11.0 Å². The number of rotatable bonds is 4. The van der Waals surface area contributed by atoms with Crippen LogP contribution in [-0.4, -0.2) is 27.1 Å². The number of nitrogens with one attached hydrogen (secondary N) is 2. The lowest BCUT2D eigenvalue weighted by Gasteiger charge is -2.25. The third kappa shape index (κ3) is 3.34. The van der Waals surface area contributed by atoms with Crippen LogP contribution in [0, 0.1) is 17.6 Å². The molecule has 0 bridgehead atoms. The molecule has 1 unspecified atom stereocenters. The van der Waals surface area contributed by atoms with E-state index in [0.717, 1.165) is 38.2 Å². The second-order valence-electron chi connectivity index (χ2n) is 6.00. The highest BCUT2D eigenvalue weighted by molar-refractivity contribution is 5.81. The van der Waals surface area contributed by atoms with Gasteiger partial charge in [-0.15, -0.1) is 0 Å². The zero-order chi connectivity index (χ0) is 16.4. The molecule has 3 N–H and O–H groups in total. The van der Waals surface area contributed by atoms with Crippen molar-refractivity contribution in [2.24, 2.45) is 5.92 Å². The number of hydrogen-bond acceptors (Lipinski definition) is 3. The Labute approximate surface area is 132 Å². The van der Waals surface area contributed by atoms with Crippen molar-refractivity contribution in [3.05, 3.63) is 29.6 Å². The SMILES string of the molecule is O=C(NCc1nc2c(F)c(F)ccc2[nH]1)C(O)C1CCCCC1. The quantitative estimate of drug-likeness (QED) is 0.808. The highest BCUT2D eigenvalue weighted by Crippen LogP contribution is 2.26. The average Bonchev–Trinajstić information content (AvgIpc) is 3.00. The van der Waals surface area contributed by atoms with Crippen LogP contribution in [0.15, 0.2) is 12.1 Å². The summed E-state index contributed by atoms with van der Waals surface area (Å²) in [6, 6.07) is 2.41. The molecule has 7 heteroatoms. The zero-order valence-corrected chi connectivity index (χ0v) is 12.6. The lowest BCUT2D eigenvalue weighted by molar-refractivity contribution is -0.132. The molecule has 5 nitrogen and oxygen atoms in total. The van der Waals surface area contributed by atoms with Gasteiger partial charge in [-0.05, 0) is 30.9 Å². The topological polar surface area (TPSA) is 78.0 Å². The Bertz CT molecular complexity index is 711. The van der Waals surface area contributed by atoms with Crippen LogP contribution in [0.1, 0.15) is 37.9 Å². The van der Waals surface area contributed by atoms with Crippen LogP contribution in [0.2, 0.25) is 0 Å². The standard InChI is InChI=1S/C16H19F2N3O2/c17-10-6-7-11-14(13(10)18)21-12(20-11)8-19-16(23)15(22)9-4-2-1-3-5-9/h6-7,9,15,22H,1-5,8H2,(H,19,23)(H,20,21). The highest BCUT2D eigenvalue weighted by Gasteiger charge is 2.27. The number of hydrogen-bond donors (Lipinski definition) is 3. The van der Waals surface area contributed by atoms with Gasteiger partial charge in [0.1, 0.15) is 17.4 Å². The fourth-order valence-electron chi connectivity index (χ4n) is 3.09. The van der Waals surface area contributed by atoms with Crippen molar-refractivity contribution >= 4 is 16.9 Å². The maximum absolute atomic E-state index is 13.6. The Morgan fingerprint density at radius 2 is 2.09 bits per heavy atom. The summed E-state index contributed by atoms with van der Waals surface area (Å²) in [5.74, 6) is -2.13. The number of imidazole rings is 1. The predicted octanol–water partition coefficient (Wildman–Crippen LogP) is 2.40. The van der Waals surface area contributed by atoms with Gasteiger partial charge in [-0.2, -0.15) is 0 Å². The van der Waals surface area contributed by atoms with Gasteiger partial charge in [-0.25, -0.2) is 13.8 Å². The molecule has 3 rings (SSSR count). The number of nitrogens with zero attached hydrogens (tertiary/aromatic N) is 1. The lowest BCUT2D eigenvalue weighted by atomic mass is 9.85. The Hall–Kier alpha value is -2.02. The maximum atomic E-state index is 13.6. The van der Waals surface area contributed by atoms with Crippen LogP contribution in [-0.2, 0) is 11.3 Å². The van der Waals surface area contributed by atoms with Gasteiger partial charge in [0, 0.05) is 0 Å². The van der Waals surface area contributed by atoms with E-state index >= 15 is 0 Å². The number of aliphatic hydroxyl groups is 1. The number of H-pyrrole nitrogens is 1. The number of aromatic amines is 1.